The Labute approximate surface area is 140 Å². The van der Waals surface area contributed by atoms with Crippen molar-refractivity contribution in [2.45, 2.75) is 6.42 Å². The van der Waals surface area contributed by atoms with Gasteiger partial charge in [0.15, 0.2) is 5.82 Å². The van der Waals surface area contributed by atoms with Crippen LogP contribution in [-0.4, -0.2) is 9.36 Å². The minimum Gasteiger partial charge on any atom is -0.693 e. The van der Waals surface area contributed by atoms with Crippen molar-refractivity contribution >= 4 is 11.5 Å². The van der Waals surface area contributed by atoms with E-state index in [9.17, 15) is 0 Å². The van der Waals surface area contributed by atoms with Crippen molar-refractivity contribution in [3.05, 3.63) is 66.6 Å². The average molecular weight is 326 g/mol. The van der Waals surface area contributed by atoms with Crippen LogP contribution in [0.5, 0.6) is 0 Å². The fraction of sp³-hybridized carbons (Fsp3) is 0.0588. The van der Waals surface area contributed by atoms with Crippen molar-refractivity contribution in [2.24, 2.45) is 0 Å². The van der Waals surface area contributed by atoms with Crippen LogP contribution in [0.3, 0.4) is 0 Å². The first-order chi connectivity index (χ1) is 9.86. The number of hydrogen-bond acceptors (Lipinski definition) is 3. The first kappa shape index (κ1) is 15.5. The first-order valence-electron chi connectivity index (χ1n) is 6.25. The van der Waals surface area contributed by atoms with Crippen LogP contribution >= 0.6 is 11.5 Å². The van der Waals surface area contributed by atoms with Crippen LogP contribution in [-0.2, 0) is 25.0 Å². The molecule has 4 heteroatoms. The zero-order valence-electron chi connectivity index (χ0n) is 11.2. The maximum Gasteiger partial charge on any atom is 0.173 e. The van der Waals surface area contributed by atoms with Gasteiger partial charge in [0.05, 0.1) is 0 Å². The molecule has 0 atom stereocenters. The van der Waals surface area contributed by atoms with E-state index in [0.29, 0.717) is 6.42 Å². The topological polar surface area (TPSA) is 25.8 Å². The van der Waals surface area contributed by atoms with Gasteiger partial charge in [0.1, 0.15) is 5.01 Å². The monoisotopic (exact) mass is 326 g/mol. The molecule has 0 amide bonds. The predicted molar refractivity (Wildman–Crippen MR) is 81.6 cm³/mol. The van der Waals surface area contributed by atoms with E-state index in [1.807, 2.05) is 54.6 Å². The molecule has 0 fully saturated rings. The molecule has 2 aromatic carbocycles. The van der Waals surface area contributed by atoms with Gasteiger partial charge in [-0.3, -0.25) is 0 Å². The van der Waals surface area contributed by atoms with Crippen molar-refractivity contribution < 1.29 is 18.6 Å². The van der Waals surface area contributed by atoms with Crippen LogP contribution < -0.4 is 0 Å². The minimum atomic E-state index is 0. The van der Waals surface area contributed by atoms with Crippen molar-refractivity contribution in [3.63, 3.8) is 0 Å². The third-order valence-corrected chi connectivity index (χ3v) is 3.72. The number of nitrogens with zero attached hydrogens (tertiary/aromatic N) is 2. The molecule has 0 N–H and O–H groups in total. The molecule has 0 bridgehead atoms. The standard InChI is InChI=1S/C17H11N2S.V/c1-2-6-13-9-11-14(12-10-13)16-18-17(20-19-16)15-7-4-3-5-8-15;/h3-5,7-12H,6H2;/q-1;. The van der Waals surface area contributed by atoms with Crippen LogP contribution in [0.25, 0.3) is 22.0 Å². The summed E-state index contributed by atoms with van der Waals surface area (Å²) in [5, 5.41) is 0.928. The molecule has 1 aromatic heterocycles. The SMILES string of the molecule is [C-]#CCc1ccc(-c2nsc(-c3ccccc3)n2)cc1.[V]. The van der Waals surface area contributed by atoms with Gasteiger partial charge < -0.3 is 12.3 Å². The number of benzene rings is 2. The van der Waals surface area contributed by atoms with E-state index >= 15 is 0 Å². The van der Waals surface area contributed by atoms with Crippen LogP contribution in [0.4, 0.5) is 0 Å². The zero-order chi connectivity index (χ0) is 13.8. The summed E-state index contributed by atoms with van der Waals surface area (Å²) in [7, 11) is 0. The van der Waals surface area contributed by atoms with E-state index in [-0.39, 0.29) is 18.6 Å². The Kier molecular flexibility index (Phi) is 5.35. The molecule has 0 saturated carbocycles. The molecule has 3 rings (SSSR count). The van der Waals surface area contributed by atoms with Crippen LogP contribution in [0, 0.1) is 12.3 Å². The van der Waals surface area contributed by atoms with Gasteiger partial charge in [0.2, 0.25) is 0 Å². The van der Waals surface area contributed by atoms with Gasteiger partial charge in [-0.2, -0.15) is 4.37 Å². The fourth-order valence-electron chi connectivity index (χ4n) is 1.91. The van der Waals surface area contributed by atoms with Crippen molar-refractivity contribution in [1.29, 1.82) is 0 Å². The van der Waals surface area contributed by atoms with E-state index in [4.69, 9.17) is 6.42 Å². The Balaban J connectivity index is 0.00000161. The summed E-state index contributed by atoms with van der Waals surface area (Å²) in [5.74, 6) is 3.14. The molecule has 0 spiro atoms. The molecule has 0 aliphatic rings. The maximum atomic E-state index is 6.98. The Morgan fingerprint density at radius 2 is 1.67 bits per heavy atom. The summed E-state index contributed by atoms with van der Waals surface area (Å²) in [6.45, 7) is 0. The van der Waals surface area contributed by atoms with E-state index in [1.54, 1.807) is 0 Å². The van der Waals surface area contributed by atoms with Crippen molar-refractivity contribution in [2.75, 3.05) is 0 Å². The molecule has 0 saturated heterocycles. The summed E-state index contributed by atoms with van der Waals surface area (Å²) in [6.07, 6.45) is 7.53. The quantitative estimate of drug-likeness (QED) is 0.537. The summed E-state index contributed by atoms with van der Waals surface area (Å²) < 4.78 is 4.42. The molecule has 0 aliphatic heterocycles. The zero-order valence-corrected chi connectivity index (χ0v) is 13.4. The molecule has 0 unspecified atom stereocenters. The molecule has 1 heterocycles. The van der Waals surface area contributed by atoms with E-state index in [2.05, 4.69) is 15.3 Å². The normalized spacial score (nSPS) is 9.67. The van der Waals surface area contributed by atoms with Gasteiger partial charge >= 0.3 is 0 Å². The molecular formula is C17H11N2SV-. The van der Waals surface area contributed by atoms with Gasteiger partial charge in [-0.05, 0) is 23.5 Å². The fourth-order valence-corrected chi connectivity index (χ4v) is 2.60. The van der Waals surface area contributed by atoms with Crippen LogP contribution in [0.1, 0.15) is 5.56 Å². The second-order valence-electron chi connectivity index (χ2n) is 4.34. The molecule has 1 radical (unpaired) electrons. The molecule has 101 valence electrons. The first-order valence-corrected chi connectivity index (χ1v) is 7.02. The second-order valence-corrected chi connectivity index (χ2v) is 5.09. The van der Waals surface area contributed by atoms with E-state index < -0.39 is 0 Å². The number of hydrogen-bond donors (Lipinski definition) is 0. The van der Waals surface area contributed by atoms with Gasteiger partial charge in [0, 0.05) is 29.7 Å². The van der Waals surface area contributed by atoms with Crippen LogP contribution in [0.2, 0.25) is 0 Å². The summed E-state index contributed by atoms with van der Waals surface area (Å²) in [6, 6.07) is 18.0. The Morgan fingerprint density at radius 3 is 2.33 bits per heavy atom. The molecular weight excluding hydrogens is 315 g/mol. The average Bonchev–Trinajstić information content (AvgIpc) is 2.99. The molecule has 0 aliphatic carbocycles. The predicted octanol–water partition coefficient (Wildman–Crippen LogP) is 4.00. The number of rotatable bonds is 3. The molecule has 2 nitrogen and oxygen atoms in total. The summed E-state index contributed by atoms with van der Waals surface area (Å²) >= 11 is 1.41. The largest absolute Gasteiger partial charge is 0.693 e. The van der Waals surface area contributed by atoms with Gasteiger partial charge in [0.25, 0.3) is 0 Å². The summed E-state index contributed by atoms with van der Waals surface area (Å²) in [5.41, 5.74) is 3.16. The third-order valence-electron chi connectivity index (χ3n) is 2.95. The van der Waals surface area contributed by atoms with Crippen molar-refractivity contribution in [1.82, 2.24) is 9.36 Å². The Bertz CT molecular complexity index is 742. The number of aromatic nitrogens is 2. The van der Waals surface area contributed by atoms with Gasteiger partial charge in [-0.25, -0.2) is 4.98 Å². The minimum absolute atomic E-state index is 0. The van der Waals surface area contributed by atoms with Crippen LogP contribution in [0.15, 0.2) is 54.6 Å². The Morgan fingerprint density at radius 1 is 0.952 bits per heavy atom. The molecule has 3 aromatic rings. The summed E-state index contributed by atoms with van der Waals surface area (Å²) in [4.78, 5) is 4.58. The van der Waals surface area contributed by atoms with Gasteiger partial charge in [-0.15, -0.1) is 0 Å². The Hall–Kier alpha value is -1.86. The maximum absolute atomic E-state index is 6.98. The van der Waals surface area contributed by atoms with E-state index in [0.717, 1.165) is 27.5 Å². The third kappa shape index (κ3) is 3.62. The smallest absolute Gasteiger partial charge is 0.173 e. The van der Waals surface area contributed by atoms with E-state index in [1.165, 1.54) is 11.5 Å². The van der Waals surface area contributed by atoms with Gasteiger partial charge in [-0.1, -0.05) is 54.6 Å². The molecule has 21 heavy (non-hydrogen) atoms. The second kappa shape index (κ2) is 7.24. The van der Waals surface area contributed by atoms with Crippen molar-refractivity contribution in [3.8, 4) is 27.9 Å².